The van der Waals surface area contributed by atoms with Crippen LogP contribution >= 0.6 is 0 Å². The first-order valence-electron chi connectivity index (χ1n) is 9.21. The summed E-state index contributed by atoms with van der Waals surface area (Å²) in [5, 5.41) is 3.43. The van der Waals surface area contributed by atoms with Crippen molar-refractivity contribution in [2.45, 2.75) is 37.7 Å². The van der Waals surface area contributed by atoms with Gasteiger partial charge in [0.05, 0.1) is 12.3 Å². The topological polar surface area (TPSA) is 48.3 Å². The van der Waals surface area contributed by atoms with Crippen LogP contribution in [0.1, 0.15) is 42.0 Å². The summed E-state index contributed by atoms with van der Waals surface area (Å²) in [5.41, 5.74) is 3.17. The summed E-state index contributed by atoms with van der Waals surface area (Å²) in [5.74, 6) is 1.61. The molecule has 0 spiro atoms. The number of hydrogen-bond acceptors (Lipinski definition) is 4. The predicted molar refractivity (Wildman–Crippen MR) is 97.3 cm³/mol. The third kappa shape index (κ3) is 3.24. The molecular formula is C20H27N3O2. The third-order valence-corrected chi connectivity index (χ3v) is 5.59. The Hall–Kier alpha value is -1.69. The van der Waals surface area contributed by atoms with Crippen molar-refractivity contribution >= 4 is 0 Å². The van der Waals surface area contributed by atoms with Crippen molar-refractivity contribution in [3.63, 3.8) is 0 Å². The lowest BCUT2D eigenvalue weighted by Crippen LogP contribution is -2.30. The highest BCUT2D eigenvalue weighted by Crippen LogP contribution is 2.34. The van der Waals surface area contributed by atoms with Crippen LogP contribution in [0.4, 0.5) is 0 Å². The summed E-state index contributed by atoms with van der Waals surface area (Å²) in [4.78, 5) is 4.93. The molecule has 2 aromatic heterocycles. The second-order valence-corrected chi connectivity index (χ2v) is 7.27. The molecule has 0 radical (unpaired) electrons. The lowest BCUT2D eigenvalue weighted by Gasteiger charge is -2.26. The maximum absolute atomic E-state index is 5.83. The van der Waals surface area contributed by atoms with Gasteiger partial charge in [-0.3, -0.25) is 0 Å². The van der Waals surface area contributed by atoms with Crippen LogP contribution in [0.3, 0.4) is 0 Å². The van der Waals surface area contributed by atoms with E-state index in [0.29, 0.717) is 12.5 Å². The van der Waals surface area contributed by atoms with Crippen LogP contribution < -0.4 is 5.32 Å². The molecule has 5 nitrogen and oxygen atoms in total. The Morgan fingerprint density at radius 3 is 2.88 bits per heavy atom. The molecule has 2 fully saturated rings. The average Bonchev–Trinajstić information content (AvgIpc) is 3.32. The third-order valence-electron chi connectivity index (χ3n) is 5.59. The van der Waals surface area contributed by atoms with Gasteiger partial charge in [0.15, 0.2) is 0 Å². The normalized spacial score (nSPS) is 24.7. The molecule has 25 heavy (non-hydrogen) atoms. The number of piperidine rings is 1. The fourth-order valence-corrected chi connectivity index (χ4v) is 3.98. The van der Waals surface area contributed by atoms with Crippen molar-refractivity contribution in [1.82, 2.24) is 14.9 Å². The number of ether oxygens (including phenoxy) is 2. The van der Waals surface area contributed by atoms with E-state index < -0.39 is 5.60 Å². The Kier molecular flexibility index (Phi) is 4.63. The Morgan fingerprint density at radius 2 is 2.16 bits per heavy atom. The molecule has 1 unspecified atom stereocenters. The zero-order valence-electron chi connectivity index (χ0n) is 15.1. The molecule has 1 atom stereocenters. The molecule has 4 heterocycles. The number of pyridine rings is 1. The van der Waals surface area contributed by atoms with E-state index >= 15 is 0 Å². The molecule has 2 aromatic rings. The molecule has 134 valence electrons. The van der Waals surface area contributed by atoms with Crippen molar-refractivity contribution in [1.29, 1.82) is 0 Å². The Morgan fingerprint density at radius 1 is 1.32 bits per heavy atom. The molecule has 0 aromatic carbocycles. The number of nitrogens with zero attached hydrogens (tertiary/aromatic N) is 2. The van der Waals surface area contributed by atoms with Gasteiger partial charge in [-0.05, 0) is 68.1 Å². The largest absolute Gasteiger partial charge is 0.378 e. The minimum Gasteiger partial charge on any atom is -0.378 e. The molecule has 0 aliphatic carbocycles. The molecule has 1 N–H and O–H groups in total. The zero-order valence-corrected chi connectivity index (χ0v) is 15.1. The highest BCUT2D eigenvalue weighted by Gasteiger charge is 2.38. The second-order valence-electron chi connectivity index (χ2n) is 7.27. The van der Waals surface area contributed by atoms with Crippen LogP contribution in [0.2, 0.25) is 0 Å². The minimum absolute atomic E-state index is 0.411. The van der Waals surface area contributed by atoms with E-state index in [2.05, 4.69) is 47.4 Å². The van der Waals surface area contributed by atoms with Gasteiger partial charge in [-0.1, -0.05) is 0 Å². The van der Waals surface area contributed by atoms with Crippen molar-refractivity contribution in [2.75, 3.05) is 33.4 Å². The number of nitrogens with one attached hydrogen (secondary N) is 1. The van der Waals surface area contributed by atoms with E-state index in [1.54, 1.807) is 7.11 Å². The minimum atomic E-state index is -0.411. The number of aromatic nitrogens is 2. The number of rotatable bonds is 4. The maximum Gasteiger partial charge on any atom is 0.137 e. The van der Waals surface area contributed by atoms with E-state index in [1.807, 2.05) is 0 Å². The molecule has 2 aliphatic rings. The van der Waals surface area contributed by atoms with Crippen molar-refractivity contribution in [2.24, 2.45) is 0 Å². The van der Waals surface area contributed by atoms with Crippen LogP contribution in [0.15, 0.2) is 30.6 Å². The molecule has 2 saturated heterocycles. The van der Waals surface area contributed by atoms with Gasteiger partial charge in [-0.15, -0.1) is 0 Å². The molecule has 0 saturated carbocycles. The fourth-order valence-electron chi connectivity index (χ4n) is 3.98. The molecule has 0 bridgehead atoms. The van der Waals surface area contributed by atoms with Crippen LogP contribution in [-0.2, 0) is 15.1 Å². The van der Waals surface area contributed by atoms with Gasteiger partial charge >= 0.3 is 0 Å². The Bertz CT molecular complexity index is 728. The van der Waals surface area contributed by atoms with E-state index in [9.17, 15) is 0 Å². The quantitative estimate of drug-likeness (QED) is 0.929. The summed E-state index contributed by atoms with van der Waals surface area (Å²) in [6.07, 6.45) is 7.65. The summed E-state index contributed by atoms with van der Waals surface area (Å²) in [6, 6.07) is 6.50. The Balaban J connectivity index is 1.65. The number of aryl methyl sites for hydroxylation is 1. The van der Waals surface area contributed by atoms with E-state index in [4.69, 9.17) is 14.5 Å². The average molecular weight is 341 g/mol. The lowest BCUT2D eigenvalue weighted by atomic mass is 9.92. The van der Waals surface area contributed by atoms with Gasteiger partial charge < -0.3 is 19.4 Å². The summed E-state index contributed by atoms with van der Waals surface area (Å²) >= 11 is 0. The molecule has 0 amide bonds. The first-order chi connectivity index (χ1) is 12.2. The second kappa shape index (κ2) is 6.90. The van der Waals surface area contributed by atoms with E-state index in [-0.39, 0.29) is 0 Å². The first kappa shape index (κ1) is 16.8. The van der Waals surface area contributed by atoms with E-state index in [1.165, 1.54) is 24.0 Å². The standard InChI is InChI=1S/C20H27N3O2/c1-15-11-18(20(24-2)6-10-25-14-20)22-19(12-15)23-9-5-17(13-23)16-3-7-21-8-4-16/h5,9,11-13,16,21H,3-4,6-8,10,14H2,1-2H3. The smallest absolute Gasteiger partial charge is 0.137 e. The molecular weight excluding hydrogens is 314 g/mol. The predicted octanol–water partition coefficient (Wildman–Crippen LogP) is 2.91. The van der Waals surface area contributed by atoms with Crippen LogP contribution in [0.25, 0.3) is 5.82 Å². The molecule has 5 heteroatoms. The highest BCUT2D eigenvalue weighted by molar-refractivity contribution is 5.35. The molecule has 4 rings (SSSR count). The number of hydrogen-bond donors (Lipinski definition) is 1. The van der Waals surface area contributed by atoms with Gasteiger partial charge in [0.1, 0.15) is 11.4 Å². The van der Waals surface area contributed by atoms with Gasteiger partial charge in [0.2, 0.25) is 0 Å². The van der Waals surface area contributed by atoms with Crippen molar-refractivity contribution in [3.05, 3.63) is 47.4 Å². The van der Waals surface area contributed by atoms with Gasteiger partial charge in [-0.25, -0.2) is 4.98 Å². The van der Waals surface area contributed by atoms with Crippen LogP contribution in [0, 0.1) is 6.92 Å². The van der Waals surface area contributed by atoms with Crippen molar-refractivity contribution < 1.29 is 9.47 Å². The highest BCUT2D eigenvalue weighted by atomic mass is 16.5. The van der Waals surface area contributed by atoms with Gasteiger partial charge in [0.25, 0.3) is 0 Å². The number of methoxy groups -OCH3 is 1. The van der Waals surface area contributed by atoms with Crippen LogP contribution in [-0.4, -0.2) is 43.0 Å². The zero-order chi connectivity index (χ0) is 17.3. The summed E-state index contributed by atoms with van der Waals surface area (Å²) in [6.45, 7) is 5.64. The molecule has 2 aliphatic heterocycles. The lowest BCUT2D eigenvalue weighted by molar-refractivity contribution is -0.0246. The first-order valence-corrected chi connectivity index (χ1v) is 9.21. The van der Waals surface area contributed by atoms with Gasteiger partial charge in [-0.2, -0.15) is 0 Å². The summed E-state index contributed by atoms with van der Waals surface area (Å²) in [7, 11) is 1.75. The van der Waals surface area contributed by atoms with Crippen molar-refractivity contribution in [3.8, 4) is 5.82 Å². The van der Waals surface area contributed by atoms with E-state index in [0.717, 1.165) is 37.6 Å². The Labute approximate surface area is 149 Å². The fraction of sp³-hybridized carbons (Fsp3) is 0.550. The SMILES string of the molecule is COC1(c2cc(C)cc(-n3ccc(C4CCNCC4)c3)n2)CCOC1. The summed E-state index contributed by atoms with van der Waals surface area (Å²) < 4.78 is 13.6. The maximum atomic E-state index is 5.83. The van der Waals surface area contributed by atoms with Gasteiger partial charge in [0, 0.05) is 32.5 Å². The van der Waals surface area contributed by atoms with Crippen LogP contribution in [0.5, 0.6) is 0 Å². The monoisotopic (exact) mass is 341 g/mol.